The molecule has 0 radical (unpaired) electrons. The second-order valence-corrected chi connectivity index (χ2v) is 3.40. The zero-order valence-electron chi connectivity index (χ0n) is 9.73. The van der Waals surface area contributed by atoms with Gasteiger partial charge in [-0.2, -0.15) is 0 Å². The predicted molar refractivity (Wildman–Crippen MR) is 68.4 cm³/mol. The Morgan fingerprint density at radius 3 is 2.44 bits per heavy atom. The summed E-state index contributed by atoms with van der Waals surface area (Å²) in [6.45, 7) is 2.38. The van der Waals surface area contributed by atoms with E-state index in [9.17, 15) is 0 Å². The maximum absolute atomic E-state index is 8.81. The van der Waals surface area contributed by atoms with Gasteiger partial charge in [-0.05, 0) is 30.3 Å². The molecule has 2 aromatic rings. The SMILES string of the molecule is CC=O.CNCc1cccc2ccccc12. The molecule has 0 aliphatic heterocycles. The first-order valence-electron chi connectivity index (χ1n) is 5.34. The van der Waals surface area contributed by atoms with Crippen LogP contribution < -0.4 is 5.32 Å². The number of fused-ring (bicyclic) bond motifs is 1. The Morgan fingerprint density at radius 1 is 1.12 bits per heavy atom. The van der Waals surface area contributed by atoms with E-state index < -0.39 is 0 Å². The van der Waals surface area contributed by atoms with Gasteiger partial charge in [0.1, 0.15) is 6.29 Å². The molecule has 16 heavy (non-hydrogen) atoms. The number of hydrogen-bond acceptors (Lipinski definition) is 2. The molecule has 0 atom stereocenters. The first-order valence-corrected chi connectivity index (χ1v) is 5.34. The molecule has 2 nitrogen and oxygen atoms in total. The van der Waals surface area contributed by atoms with Crippen molar-refractivity contribution in [3.8, 4) is 0 Å². The molecule has 0 bridgehead atoms. The van der Waals surface area contributed by atoms with Crippen LogP contribution in [0.3, 0.4) is 0 Å². The molecule has 0 aliphatic rings. The molecule has 0 aromatic heterocycles. The van der Waals surface area contributed by atoms with E-state index in [1.807, 2.05) is 7.05 Å². The molecule has 0 aliphatic carbocycles. The summed E-state index contributed by atoms with van der Waals surface area (Å²) in [6, 6.07) is 14.9. The van der Waals surface area contributed by atoms with Gasteiger partial charge < -0.3 is 10.1 Å². The summed E-state index contributed by atoms with van der Waals surface area (Å²) < 4.78 is 0. The fourth-order valence-corrected chi connectivity index (χ4v) is 1.64. The van der Waals surface area contributed by atoms with Gasteiger partial charge in [0, 0.05) is 6.54 Å². The third kappa shape index (κ3) is 3.17. The maximum atomic E-state index is 8.81. The summed E-state index contributed by atoms with van der Waals surface area (Å²) in [5.74, 6) is 0. The van der Waals surface area contributed by atoms with Gasteiger partial charge in [0.25, 0.3) is 0 Å². The molecule has 0 amide bonds. The Hall–Kier alpha value is -1.67. The van der Waals surface area contributed by atoms with E-state index >= 15 is 0 Å². The van der Waals surface area contributed by atoms with E-state index in [2.05, 4.69) is 47.8 Å². The topological polar surface area (TPSA) is 29.1 Å². The average Bonchev–Trinajstić information content (AvgIpc) is 2.31. The minimum Gasteiger partial charge on any atom is -0.316 e. The Balaban J connectivity index is 0.000000386. The molecule has 2 rings (SSSR count). The van der Waals surface area contributed by atoms with Crippen LogP contribution in [0.5, 0.6) is 0 Å². The molecule has 1 N–H and O–H groups in total. The smallest absolute Gasteiger partial charge is 0.116 e. The second-order valence-electron chi connectivity index (χ2n) is 3.40. The van der Waals surface area contributed by atoms with Gasteiger partial charge in [0.05, 0.1) is 0 Å². The fraction of sp³-hybridized carbons (Fsp3) is 0.214. The Bertz CT molecular complexity index is 446. The standard InChI is InChI=1S/C12H13N.C2H4O/c1-13-9-11-7-4-6-10-5-2-3-8-12(10)11;1-2-3/h2-8,13H,9H2,1H3;2H,1H3. The monoisotopic (exact) mass is 215 g/mol. The molecule has 0 saturated carbocycles. The highest BCUT2D eigenvalue weighted by Crippen LogP contribution is 2.17. The molecule has 0 saturated heterocycles. The summed E-state index contributed by atoms with van der Waals surface area (Å²) in [6.07, 6.45) is 0.750. The summed E-state index contributed by atoms with van der Waals surface area (Å²) in [5, 5.41) is 5.84. The molecule has 0 heterocycles. The normalized spacial score (nSPS) is 9.38. The van der Waals surface area contributed by atoms with Crippen LogP contribution in [0, 0.1) is 0 Å². The van der Waals surface area contributed by atoms with E-state index in [0.717, 1.165) is 12.8 Å². The van der Waals surface area contributed by atoms with Crippen molar-refractivity contribution in [1.29, 1.82) is 0 Å². The van der Waals surface area contributed by atoms with Gasteiger partial charge in [0.2, 0.25) is 0 Å². The van der Waals surface area contributed by atoms with Crippen LogP contribution in [-0.2, 0) is 11.3 Å². The molecule has 0 spiro atoms. The van der Waals surface area contributed by atoms with Crippen LogP contribution in [0.4, 0.5) is 0 Å². The zero-order valence-corrected chi connectivity index (χ0v) is 9.73. The van der Waals surface area contributed by atoms with Gasteiger partial charge in [-0.3, -0.25) is 0 Å². The van der Waals surface area contributed by atoms with Gasteiger partial charge in [-0.1, -0.05) is 42.5 Å². The molecular weight excluding hydrogens is 198 g/mol. The largest absolute Gasteiger partial charge is 0.316 e. The van der Waals surface area contributed by atoms with E-state index in [4.69, 9.17) is 4.79 Å². The van der Waals surface area contributed by atoms with Crippen molar-refractivity contribution in [1.82, 2.24) is 5.32 Å². The van der Waals surface area contributed by atoms with Crippen molar-refractivity contribution in [2.24, 2.45) is 0 Å². The molecule has 2 heteroatoms. The van der Waals surface area contributed by atoms with E-state index in [1.54, 1.807) is 0 Å². The second kappa shape index (κ2) is 6.75. The van der Waals surface area contributed by atoms with Crippen LogP contribution in [-0.4, -0.2) is 13.3 Å². The van der Waals surface area contributed by atoms with Gasteiger partial charge in [-0.15, -0.1) is 0 Å². The Morgan fingerprint density at radius 2 is 1.75 bits per heavy atom. The molecular formula is C14H17NO. The summed E-state index contributed by atoms with van der Waals surface area (Å²) in [7, 11) is 1.97. The molecule has 84 valence electrons. The lowest BCUT2D eigenvalue weighted by Crippen LogP contribution is -2.05. The Kier molecular flexibility index (Phi) is 5.23. The van der Waals surface area contributed by atoms with Crippen molar-refractivity contribution in [2.75, 3.05) is 7.05 Å². The lowest BCUT2D eigenvalue weighted by Gasteiger charge is -2.04. The van der Waals surface area contributed by atoms with Crippen LogP contribution in [0.25, 0.3) is 10.8 Å². The predicted octanol–water partition coefficient (Wildman–Crippen LogP) is 2.76. The number of carbonyl (C=O) groups excluding carboxylic acids is 1. The van der Waals surface area contributed by atoms with Gasteiger partial charge >= 0.3 is 0 Å². The van der Waals surface area contributed by atoms with Gasteiger partial charge in [0.15, 0.2) is 0 Å². The lowest BCUT2D eigenvalue weighted by atomic mass is 10.0. The lowest BCUT2D eigenvalue weighted by molar-refractivity contribution is -0.106. The first kappa shape index (κ1) is 12.4. The van der Waals surface area contributed by atoms with E-state index in [0.29, 0.717) is 0 Å². The first-order chi connectivity index (χ1) is 7.83. The van der Waals surface area contributed by atoms with Crippen molar-refractivity contribution in [2.45, 2.75) is 13.5 Å². The molecule has 0 unspecified atom stereocenters. The third-order valence-corrected chi connectivity index (χ3v) is 2.25. The fourth-order valence-electron chi connectivity index (χ4n) is 1.64. The number of benzene rings is 2. The zero-order chi connectivity index (χ0) is 11.8. The van der Waals surface area contributed by atoms with Crippen molar-refractivity contribution >= 4 is 17.1 Å². The number of rotatable bonds is 2. The average molecular weight is 215 g/mol. The number of carbonyl (C=O) groups is 1. The maximum Gasteiger partial charge on any atom is 0.116 e. The number of nitrogens with one attached hydrogen (secondary N) is 1. The highest BCUT2D eigenvalue weighted by molar-refractivity contribution is 5.85. The minimum atomic E-state index is 0.750. The van der Waals surface area contributed by atoms with Gasteiger partial charge in [-0.25, -0.2) is 0 Å². The quantitative estimate of drug-likeness (QED) is 0.780. The van der Waals surface area contributed by atoms with Crippen LogP contribution in [0.15, 0.2) is 42.5 Å². The van der Waals surface area contributed by atoms with Crippen LogP contribution in [0.2, 0.25) is 0 Å². The third-order valence-electron chi connectivity index (χ3n) is 2.25. The van der Waals surface area contributed by atoms with Crippen molar-refractivity contribution in [3.05, 3.63) is 48.0 Å². The van der Waals surface area contributed by atoms with Crippen LogP contribution >= 0.6 is 0 Å². The van der Waals surface area contributed by atoms with E-state index in [1.165, 1.54) is 23.3 Å². The molecule has 0 fully saturated rings. The Labute approximate surface area is 96.3 Å². The summed E-state index contributed by atoms with van der Waals surface area (Å²) >= 11 is 0. The van der Waals surface area contributed by atoms with Crippen molar-refractivity contribution in [3.63, 3.8) is 0 Å². The summed E-state index contributed by atoms with van der Waals surface area (Å²) in [5.41, 5.74) is 1.36. The van der Waals surface area contributed by atoms with Crippen LogP contribution in [0.1, 0.15) is 12.5 Å². The minimum absolute atomic E-state index is 0.750. The van der Waals surface area contributed by atoms with Crippen molar-refractivity contribution < 1.29 is 4.79 Å². The van der Waals surface area contributed by atoms with E-state index in [-0.39, 0.29) is 0 Å². The highest BCUT2D eigenvalue weighted by Gasteiger charge is 1.97. The number of aldehydes is 1. The highest BCUT2D eigenvalue weighted by atomic mass is 16.1. The molecule has 2 aromatic carbocycles. The summed E-state index contributed by atoms with van der Waals surface area (Å²) in [4.78, 5) is 8.81. The number of hydrogen-bond donors (Lipinski definition) is 1.